The van der Waals surface area contributed by atoms with Gasteiger partial charge in [0, 0.05) is 78.0 Å². The first-order valence-corrected chi connectivity index (χ1v) is 13.5. The molecule has 3 heterocycles. The Bertz CT molecular complexity index is 585. The highest BCUT2D eigenvalue weighted by Crippen LogP contribution is 2.50. The quantitative estimate of drug-likeness (QED) is 0.518. The molecule has 186 valence electrons. The van der Waals surface area contributed by atoms with Gasteiger partial charge in [0.15, 0.2) is 0 Å². The van der Waals surface area contributed by atoms with Crippen molar-refractivity contribution in [2.75, 3.05) is 72.0 Å². The summed E-state index contributed by atoms with van der Waals surface area (Å²) in [5, 5.41) is 0. The number of piperazine rings is 1. The molecule has 0 N–H and O–H groups in total. The summed E-state index contributed by atoms with van der Waals surface area (Å²) in [6, 6.07) is 0.508. The molecule has 0 bridgehead atoms. The van der Waals surface area contributed by atoms with Crippen LogP contribution in [0.4, 0.5) is 8.78 Å². The second-order valence-electron chi connectivity index (χ2n) is 12.0. The number of hydrogen-bond acceptors (Lipinski definition) is 4. The topological polar surface area (TPSA) is 13.0 Å². The van der Waals surface area contributed by atoms with Gasteiger partial charge < -0.3 is 9.80 Å². The minimum Gasteiger partial charge on any atom is -0.303 e. The predicted octanol–water partition coefficient (Wildman–Crippen LogP) is 4.20. The van der Waals surface area contributed by atoms with Crippen LogP contribution < -0.4 is 0 Å². The molecule has 4 nitrogen and oxygen atoms in total. The molecule has 4 rings (SSSR count). The van der Waals surface area contributed by atoms with Crippen molar-refractivity contribution < 1.29 is 8.78 Å². The van der Waals surface area contributed by atoms with Crippen LogP contribution in [0.1, 0.15) is 72.1 Å². The largest absolute Gasteiger partial charge is 0.303 e. The Morgan fingerprint density at radius 3 is 1.47 bits per heavy atom. The molecule has 0 aromatic carbocycles. The summed E-state index contributed by atoms with van der Waals surface area (Å²) in [6.45, 7) is 16.1. The third-order valence-corrected chi connectivity index (χ3v) is 8.95. The van der Waals surface area contributed by atoms with E-state index in [1.807, 2.05) is 0 Å². The third kappa shape index (κ3) is 6.43. The van der Waals surface area contributed by atoms with Gasteiger partial charge in [-0.15, -0.1) is 0 Å². The summed E-state index contributed by atoms with van der Waals surface area (Å²) in [4.78, 5) is 9.51. The lowest BCUT2D eigenvalue weighted by Crippen LogP contribution is -2.56. The van der Waals surface area contributed by atoms with E-state index in [1.165, 1.54) is 32.2 Å². The summed E-state index contributed by atoms with van der Waals surface area (Å²) in [5.74, 6) is 0. The standard InChI is InChI=1S/C26H48F2N4/c1-4-5-24(6-7-24)20-29-12-8-25(27,9-13-29)21-30-16-18-31(19-17-30)22-26(28)10-14-32(15-11-26)23(2)3/h23H,4-22H2,1-3H3. The van der Waals surface area contributed by atoms with Crippen LogP contribution in [-0.2, 0) is 0 Å². The highest BCUT2D eigenvalue weighted by molar-refractivity contribution is 4.98. The highest BCUT2D eigenvalue weighted by Gasteiger charge is 2.45. The smallest absolute Gasteiger partial charge is 0.126 e. The van der Waals surface area contributed by atoms with Gasteiger partial charge in [-0.3, -0.25) is 9.80 Å². The minimum atomic E-state index is -1.04. The molecule has 0 unspecified atom stereocenters. The molecule has 3 aliphatic heterocycles. The Morgan fingerprint density at radius 1 is 0.625 bits per heavy atom. The molecule has 6 heteroatoms. The summed E-state index contributed by atoms with van der Waals surface area (Å²) in [5.41, 5.74) is -1.51. The third-order valence-electron chi connectivity index (χ3n) is 8.95. The van der Waals surface area contributed by atoms with Crippen molar-refractivity contribution in [1.82, 2.24) is 19.6 Å². The molecule has 4 fully saturated rings. The molecule has 3 saturated heterocycles. The molecule has 1 saturated carbocycles. The number of likely N-dealkylation sites (tertiary alicyclic amines) is 2. The van der Waals surface area contributed by atoms with Crippen LogP contribution in [0, 0.1) is 5.41 Å². The van der Waals surface area contributed by atoms with Crippen molar-refractivity contribution in [1.29, 1.82) is 0 Å². The molecule has 0 amide bonds. The fourth-order valence-electron chi connectivity index (χ4n) is 6.44. The van der Waals surface area contributed by atoms with E-state index >= 15 is 8.78 Å². The molecule has 4 aliphatic rings. The Hall–Kier alpha value is -0.300. The lowest BCUT2D eigenvalue weighted by atomic mass is 9.90. The van der Waals surface area contributed by atoms with Crippen molar-refractivity contribution in [3.63, 3.8) is 0 Å². The average molecular weight is 455 g/mol. The maximum Gasteiger partial charge on any atom is 0.126 e. The zero-order chi connectivity index (χ0) is 22.8. The van der Waals surface area contributed by atoms with Crippen LogP contribution in [0.2, 0.25) is 0 Å². The van der Waals surface area contributed by atoms with E-state index in [1.54, 1.807) is 0 Å². The van der Waals surface area contributed by atoms with E-state index in [-0.39, 0.29) is 0 Å². The lowest BCUT2D eigenvalue weighted by molar-refractivity contribution is -0.0163. The average Bonchev–Trinajstić information content (AvgIpc) is 3.51. The van der Waals surface area contributed by atoms with Gasteiger partial charge >= 0.3 is 0 Å². The molecule has 0 aromatic heterocycles. The number of alkyl halides is 2. The number of piperidine rings is 2. The lowest BCUT2D eigenvalue weighted by Gasteiger charge is -2.44. The van der Waals surface area contributed by atoms with Crippen LogP contribution in [0.25, 0.3) is 0 Å². The zero-order valence-electron chi connectivity index (χ0n) is 21.1. The molecule has 1 aliphatic carbocycles. The van der Waals surface area contributed by atoms with E-state index < -0.39 is 11.3 Å². The number of halogens is 2. The van der Waals surface area contributed by atoms with E-state index in [0.29, 0.717) is 50.2 Å². The maximum atomic E-state index is 15.6. The van der Waals surface area contributed by atoms with E-state index in [9.17, 15) is 0 Å². The van der Waals surface area contributed by atoms with Gasteiger partial charge in [0.05, 0.1) is 0 Å². The minimum absolute atomic E-state index is 0.508. The van der Waals surface area contributed by atoms with E-state index in [2.05, 4.69) is 40.4 Å². The monoisotopic (exact) mass is 454 g/mol. The Labute approximate surface area is 195 Å². The van der Waals surface area contributed by atoms with Crippen molar-refractivity contribution in [2.24, 2.45) is 5.41 Å². The van der Waals surface area contributed by atoms with Crippen molar-refractivity contribution in [3.05, 3.63) is 0 Å². The Kier molecular flexibility index (Phi) is 7.86. The Balaban J connectivity index is 1.15. The fraction of sp³-hybridized carbons (Fsp3) is 1.00. The van der Waals surface area contributed by atoms with Gasteiger partial charge in [0.1, 0.15) is 11.3 Å². The number of hydrogen-bond donors (Lipinski definition) is 0. The van der Waals surface area contributed by atoms with Crippen LogP contribution in [0.15, 0.2) is 0 Å². The van der Waals surface area contributed by atoms with Crippen molar-refractivity contribution in [3.8, 4) is 0 Å². The predicted molar refractivity (Wildman–Crippen MR) is 129 cm³/mol. The molecule has 0 spiro atoms. The van der Waals surface area contributed by atoms with Crippen LogP contribution in [0.5, 0.6) is 0 Å². The molecule has 0 aromatic rings. The molecule has 0 radical (unpaired) electrons. The molecular weight excluding hydrogens is 406 g/mol. The molecule has 0 atom stereocenters. The second-order valence-corrected chi connectivity index (χ2v) is 12.0. The van der Waals surface area contributed by atoms with E-state index in [4.69, 9.17) is 0 Å². The zero-order valence-corrected chi connectivity index (χ0v) is 21.1. The van der Waals surface area contributed by atoms with Crippen molar-refractivity contribution in [2.45, 2.75) is 89.5 Å². The van der Waals surface area contributed by atoms with Gasteiger partial charge in [-0.2, -0.15) is 0 Å². The van der Waals surface area contributed by atoms with Gasteiger partial charge in [0.25, 0.3) is 0 Å². The summed E-state index contributed by atoms with van der Waals surface area (Å²) >= 11 is 0. The van der Waals surface area contributed by atoms with Crippen LogP contribution in [0.3, 0.4) is 0 Å². The Morgan fingerprint density at radius 2 is 1.06 bits per heavy atom. The maximum absolute atomic E-state index is 15.6. The first kappa shape index (κ1) is 24.8. The van der Waals surface area contributed by atoms with Gasteiger partial charge in [-0.05, 0) is 64.2 Å². The van der Waals surface area contributed by atoms with Crippen LogP contribution >= 0.6 is 0 Å². The number of nitrogens with zero attached hydrogens (tertiary/aromatic N) is 4. The summed E-state index contributed by atoms with van der Waals surface area (Å²) in [6.07, 6.45) is 8.00. The van der Waals surface area contributed by atoms with Gasteiger partial charge in [-0.1, -0.05) is 13.3 Å². The summed E-state index contributed by atoms with van der Waals surface area (Å²) in [7, 11) is 0. The summed E-state index contributed by atoms with van der Waals surface area (Å²) < 4.78 is 31.0. The first-order valence-electron chi connectivity index (χ1n) is 13.5. The molecule has 32 heavy (non-hydrogen) atoms. The van der Waals surface area contributed by atoms with Crippen LogP contribution in [-0.4, -0.2) is 109 Å². The van der Waals surface area contributed by atoms with Gasteiger partial charge in [-0.25, -0.2) is 8.78 Å². The van der Waals surface area contributed by atoms with E-state index in [0.717, 1.165) is 52.4 Å². The van der Waals surface area contributed by atoms with Gasteiger partial charge in [0.2, 0.25) is 0 Å². The SMILES string of the molecule is CCCC1(CN2CCC(F)(CN3CCN(CC4(F)CCN(C(C)C)CC4)CC3)CC2)CC1. The number of rotatable bonds is 9. The second kappa shape index (κ2) is 10.1. The fourth-order valence-corrected chi connectivity index (χ4v) is 6.44. The molecular formula is C26H48F2N4. The normalized spacial score (nSPS) is 29.4. The highest BCUT2D eigenvalue weighted by atomic mass is 19.1. The van der Waals surface area contributed by atoms with Crippen molar-refractivity contribution >= 4 is 0 Å². The first-order chi connectivity index (χ1) is 15.2.